The topological polar surface area (TPSA) is 121 Å². The van der Waals surface area contributed by atoms with E-state index >= 15 is 0 Å². The van der Waals surface area contributed by atoms with Crippen molar-refractivity contribution in [3.8, 4) is 16.8 Å². The fourth-order valence-corrected chi connectivity index (χ4v) is 4.54. The van der Waals surface area contributed by atoms with Gasteiger partial charge in [0.15, 0.2) is 11.5 Å². The van der Waals surface area contributed by atoms with Crippen LogP contribution in [-0.4, -0.2) is 24.0 Å². The van der Waals surface area contributed by atoms with Gasteiger partial charge in [-0.25, -0.2) is 18.2 Å². The van der Waals surface area contributed by atoms with Crippen molar-refractivity contribution in [1.82, 2.24) is 9.78 Å². The van der Waals surface area contributed by atoms with Crippen molar-refractivity contribution in [3.63, 3.8) is 0 Å². The van der Waals surface area contributed by atoms with E-state index in [1.807, 2.05) is 0 Å². The molecule has 0 saturated heterocycles. The van der Waals surface area contributed by atoms with Gasteiger partial charge < -0.3 is 5.73 Å². The summed E-state index contributed by atoms with van der Waals surface area (Å²) in [5, 5.41) is 8.98. The fraction of sp³-hybridized carbons (Fsp3) is 0.120. The van der Waals surface area contributed by atoms with Gasteiger partial charge in [0.1, 0.15) is 0 Å². The second-order valence-corrected chi connectivity index (χ2v) is 9.55. The first kappa shape index (κ1) is 25.3. The predicted octanol–water partition coefficient (Wildman–Crippen LogP) is 4.09. The molecule has 11 heteroatoms. The van der Waals surface area contributed by atoms with Gasteiger partial charge in [-0.15, -0.1) is 0 Å². The Hall–Kier alpha value is -3.80. The number of ketones is 1. The molecule has 0 fully saturated rings. The maximum atomic E-state index is 13.4. The van der Waals surface area contributed by atoms with Crippen LogP contribution in [0.4, 0.5) is 13.2 Å². The van der Waals surface area contributed by atoms with E-state index in [4.69, 9.17) is 10.9 Å². The number of rotatable bonds is 7. The molecule has 4 rings (SSSR count). The Morgan fingerprint density at radius 3 is 2.28 bits per heavy atom. The van der Waals surface area contributed by atoms with Gasteiger partial charge in [-0.1, -0.05) is 54.6 Å². The number of primary sulfonamides is 1. The highest BCUT2D eigenvalue weighted by atomic mass is 32.2. The standard InChI is InChI=1S/C25H21F3N4O3S/c26-25(27,28)24-14-20(32(31-24)19-5-3-4-16(12-19)15-29)13-22(33)18-10-8-17(9-11-18)21-6-1-2-7-23(21)36(30,34)35/h1-12,14H,13,15,29H2,(H2,30,34,35). The minimum absolute atomic E-state index is 0.0603. The van der Waals surface area contributed by atoms with Crippen molar-refractivity contribution >= 4 is 15.8 Å². The largest absolute Gasteiger partial charge is 0.435 e. The highest BCUT2D eigenvalue weighted by Gasteiger charge is 2.35. The first-order valence-corrected chi connectivity index (χ1v) is 12.2. The summed E-state index contributed by atoms with van der Waals surface area (Å²) >= 11 is 0. The zero-order valence-electron chi connectivity index (χ0n) is 18.7. The second kappa shape index (κ2) is 9.69. The molecule has 0 spiro atoms. The number of nitrogens with zero attached hydrogens (tertiary/aromatic N) is 2. The van der Waals surface area contributed by atoms with Crippen molar-refractivity contribution in [2.75, 3.05) is 0 Å². The lowest BCUT2D eigenvalue weighted by Gasteiger charge is -2.10. The summed E-state index contributed by atoms with van der Waals surface area (Å²) in [6, 6.07) is 19.7. The molecular weight excluding hydrogens is 493 g/mol. The lowest BCUT2D eigenvalue weighted by Crippen LogP contribution is -2.13. The molecule has 0 aliphatic heterocycles. The molecule has 0 unspecified atom stereocenters. The van der Waals surface area contributed by atoms with E-state index < -0.39 is 27.7 Å². The minimum atomic E-state index is -4.69. The minimum Gasteiger partial charge on any atom is -0.326 e. The Kier molecular flexibility index (Phi) is 6.81. The molecule has 0 bridgehead atoms. The van der Waals surface area contributed by atoms with E-state index in [0.717, 1.165) is 10.7 Å². The van der Waals surface area contributed by atoms with Crippen molar-refractivity contribution < 1.29 is 26.4 Å². The van der Waals surface area contributed by atoms with Gasteiger partial charge in [0.25, 0.3) is 0 Å². The SMILES string of the molecule is NCc1cccc(-n2nc(C(F)(F)F)cc2CC(=O)c2ccc(-c3ccccc3S(N)(=O)=O)cc2)c1. The van der Waals surface area contributed by atoms with Crippen LogP contribution in [0.15, 0.2) is 83.8 Å². The Balaban J connectivity index is 1.66. The number of Topliss-reactive ketones (excluding diaryl/α,β-unsaturated/α-hetero) is 1. The van der Waals surface area contributed by atoms with Gasteiger partial charge in [-0.2, -0.15) is 18.3 Å². The van der Waals surface area contributed by atoms with Crippen LogP contribution in [0.5, 0.6) is 0 Å². The summed E-state index contributed by atoms with van der Waals surface area (Å²) in [6.45, 7) is 0.191. The summed E-state index contributed by atoms with van der Waals surface area (Å²) in [5.41, 5.74) is 6.77. The quantitative estimate of drug-likeness (QED) is 0.360. The number of hydrogen-bond donors (Lipinski definition) is 2. The molecule has 4 N–H and O–H groups in total. The normalized spacial score (nSPS) is 12.0. The van der Waals surface area contributed by atoms with E-state index in [1.54, 1.807) is 54.6 Å². The Morgan fingerprint density at radius 1 is 0.944 bits per heavy atom. The molecule has 1 heterocycles. The number of halogens is 3. The van der Waals surface area contributed by atoms with Gasteiger partial charge in [0, 0.05) is 17.7 Å². The number of benzene rings is 3. The van der Waals surface area contributed by atoms with Crippen molar-refractivity contribution in [1.29, 1.82) is 0 Å². The van der Waals surface area contributed by atoms with E-state index in [2.05, 4.69) is 5.10 Å². The molecule has 0 amide bonds. The van der Waals surface area contributed by atoms with Gasteiger partial charge >= 0.3 is 6.18 Å². The third-order valence-corrected chi connectivity index (χ3v) is 6.49. The molecular formula is C25H21F3N4O3S. The first-order chi connectivity index (χ1) is 17.0. The molecule has 1 aromatic heterocycles. The molecule has 0 atom stereocenters. The summed E-state index contributed by atoms with van der Waals surface area (Å²) < 4.78 is 65.1. The maximum absolute atomic E-state index is 13.4. The Morgan fingerprint density at radius 2 is 1.64 bits per heavy atom. The fourth-order valence-electron chi connectivity index (χ4n) is 3.78. The van der Waals surface area contributed by atoms with Crippen LogP contribution in [-0.2, 0) is 29.2 Å². The molecule has 0 radical (unpaired) electrons. The highest BCUT2D eigenvalue weighted by molar-refractivity contribution is 7.89. The smallest absolute Gasteiger partial charge is 0.326 e. The van der Waals surface area contributed by atoms with Gasteiger partial charge in [-0.05, 0) is 35.4 Å². The number of sulfonamides is 1. The molecule has 3 aromatic carbocycles. The summed E-state index contributed by atoms with van der Waals surface area (Å²) in [4.78, 5) is 12.9. The van der Waals surface area contributed by atoms with Crippen LogP contribution in [0.3, 0.4) is 0 Å². The summed E-state index contributed by atoms with van der Waals surface area (Å²) in [7, 11) is -3.97. The molecule has 36 heavy (non-hydrogen) atoms. The van der Waals surface area contributed by atoms with E-state index in [1.165, 1.54) is 18.2 Å². The number of alkyl halides is 3. The lowest BCUT2D eigenvalue weighted by molar-refractivity contribution is -0.141. The molecule has 7 nitrogen and oxygen atoms in total. The summed E-state index contributed by atoms with van der Waals surface area (Å²) in [6.07, 6.45) is -5.03. The molecule has 0 aliphatic carbocycles. The van der Waals surface area contributed by atoms with Crippen LogP contribution < -0.4 is 10.9 Å². The molecule has 0 saturated carbocycles. The molecule has 0 aliphatic rings. The molecule has 4 aromatic rings. The average Bonchev–Trinajstić information content (AvgIpc) is 3.28. The highest BCUT2D eigenvalue weighted by Crippen LogP contribution is 2.31. The van der Waals surface area contributed by atoms with Crippen LogP contribution in [0, 0.1) is 0 Å². The van der Waals surface area contributed by atoms with Crippen LogP contribution >= 0.6 is 0 Å². The van der Waals surface area contributed by atoms with Gasteiger partial charge in [0.2, 0.25) is 10.0 Å². The molecule has 186 valence electrons. The van der Waals surface area contributed by atoms with Gasteiger partial charge in [-0.3, -0.25) is 4.79 Å². The predicted molar refractivity (Wildman–Crippen MR) is 128 cm³/mol. The van der Waals surface area contributed by atoms with Crippen molar-refractivity contribution in [3.05, 3.63) is 101 Å². The number of hydrogen-bond acceptors (Lipinski definition) is 5. The van der Waals surface area contributed by atoms with Crippen LogP contribution in [0.2, 0.25) is 0 Å². The number of carbonyl (C=O) groups is 1. The van der Waals surface area contributed by atoms with Crippen LogP contribution in [0.1, 0.15) is 27.3 Å². The van der Waals surface area contributed by atoms with Crippen molar-refractivity contribution in [2.45, 2.75) is 24.0 Å². The zero-order valence-corrected chi connectivity index (χ0v) is 19.6. The number of nitrogens with two attached hydrogens (primary N) is 2. The van der Waals surface area contributed by atoms with E-state index in [-0.39, 0.29) is 29.1 Å². The Labute approximate surface area is 205 Å². The maximum Gasteiger partial charge on any atom is 0.435 e. The Bertz CT molecular complexity index is 1530. The average molecular weight is 515 g/mol. The number of carbonyl (C=O) groups excluding carboxylic acids is 1. The third-order valence-electron chi connectivity index (χ3n) is 5.52. The summed E-state index contributed by atoms with van der Waals surface area (Å²) in [5.74, 6) is -0.439. The van der Waals surface area contributed by atoms with Crippen LogP contribution in [0.25, 0.3) is 16.8 Å². The lowest BCUT2D eigenvalue weighted by atomic mass is 10.0. The third kappa shape index (κ3) is 5.38. The number of aromatic nitrogens is 2. The van der Waals surface area contributed by atoms with Crippen molar-refractivity contribution in [2.24, 2.45) is 10.9 Å². The zero-order chi connectivity index (χ0) is 26.1. The van der Waals surface area contributed by atoms with E-state index in [9.17, 15) is 26.4 Å². The second-order valence-electron chi connectivity index (χ2n) is 8.02. The monoisotopic (exact) mass is 514 g/mol. The van der Waals surface area contributed by atoms with Gasteiger partial charge in [0.05, 0.1) is 22.7 Å². The first-order valence-electron chi connectivity index (χ1n) is 10.7. The van der Waals surface area contributed by atoms with E-state index in [0.29, 0.717) is 22.4 Å².